The van der Waals surface area contributed by atoms with Crippen molar-refractivity contribution >= 4 is 11.9 Å². The third kappa shape index (κ3) is 3.39. The van der Waals surface area contributed by atoms with Crippen molar-refractivity contribution in [3.05, 3.63) is 35.5 Å². The number of carbonyl (C=O) groups excluding carboxylic acids is 1. The van der Waals surface area contributed by atoms with Crippen LogP contribution >= 0.6 is 0 Å². The summed E-state index contributed by atoms with van der Waals surface area (Å²) in [5.41, 5.74) is 1.03. The number of aromatic nitrogens is 2. The molecule has 28 heavy (non-hydrogen) atoms. The Morgan fingerprint density at radius 3 is 2.93 bits per heavy atom. The number of rotatable bonds is 5. The Kier molecular flexibility index (Phi) is 4.87. The Balaban J connectivity index is 1.41. The molecule has 2 aliphatic rings. The van der Waals surface area contributed by atoms with Gasteiger partial charge in [-0.15, -0.1) is 0 Å². The quantitative estimate of drug-likeness (QED) is 0.847. The van der Waals surface area contributed by atoms with Crippen LogP contribution in [0.5, 0.6) is 0 Å². The first-order chi connectivity index (χ1) is 13.4. The fourth-order valence-corrected chi connectivity index (χ4v) is 4.44. The van der Waals surface area contributed by atoms with E-state index in [1.807, 2.05) is 0 Å². The maximum atomic E-state index is 13.7. The van der Waals surface area contributed by atoms with Gasteiger partial charge in [0.15, 0.2) is 0 Å². The van der Waals surface area contributed by atoms with Gasteiger partial charge in [0, 0.05) is 24.9 Å². The molecule has 7 nitrogen and oxygen atoms in total. The second-order valence-corrected chi connectivity index (χ2v) is 7.66. The van der Waals surface area contributed by atoms with E-state index in [2.05, 4.69) is 10.1 Å². The summed E-state index contributed by atoms with van der Waals surface area (Å²) in [7, 11) is 0. The number of aryl methyl sites for hydroxylation is 2. The Hall–Kier alpha value is -2.77. The van der Waals surface area contributed by atoms with Gasteiger partial charge in [-0.2, -0.15) is 4.98 Å². The summed E-state index contributed by atoms with van der Waals surface area (Å²) < 4.78 is 18.9. The number of likely N-dealkylation sites (tertiary alicyclic amines) is 1. The molecule has 1 aliphatic carbocycles. The van der Waals surface area contributed by atoms with Gasteiger partial charge < -0.3 is 14.5 Å². The lowest BCUT2D eigenvalue weighted by molar-refractivity contribution is -0.149. The van der Waals surface area contributed by atoms with Crippen molar-refractivity contribution in [2.24, 2.45) is 11.8 Å². The van der Waals surface area contributed by atoms with Crippen LogP contribution in [-0.2, 0) is 16.0 Å². The first-order valence-electron chi connectivity index (χ1n) is 9.55. The minimum atomic E-state index is -0.927. The van der Waals surface area contributed by atoms with Gasteiger partial charge in [0.25, 0.3) is 0 Å². The average molecular weight is 387 g/mol. The second kappa shape index (κ2) is 7.33. The first-order valence-corrected chi connectivity index (χ1v) is 9.55. The number of carboxylic acids is 1. The SMILES string of the molecule is Cc1ccc(-c2noc(CCC(=O)N3CC4CCCC4C3C(=O)O)n2)cc1F. The molecule has 0 radical (unpaired) electrons. The van der Waals surface area contributed by atoms with Gasteiger partial charge >= 0.3 is 5.97 Å². The summed E-state index contributed by atoms with van der Waals surface area (Å²) in [6, 6.07) is 3.96. The Morgan fingerprint density at radius 2 is 2.18 bits per heavy atom. The van der Waals surface area contributed by atoms with Gasteiger partial charge in [-0.05, 0) is 43.2 Å². The van der Waals surface area contributed by atoms with Gasteiger partial charge in [0.2, 0.25) is 17.6 Å². The molecule has 148 valence electrons. The van der Waals surface area contributed by atoms with Crippen LogP contribution in [-0.4, -0.2) is 44.6 Å². The van der Waals surface area contributed by atoms with Crippen LogP contribution in [0.15, 0.2) is 22.7 Å². The molecule has 2 aromatic rings. The highest BCUT2D eigenvalue weighted by Gasteiger charge is 2.49. The van der Waals surface area contributed by atoms with Crippen LogP contribution in [0.2, 0.25) is 0 Å². The monoisotopic (exact) mass is 387 g/mol. The number of aliphatic carboxylic acids is 1. The molecule has 2 heterocycles. The summed E-state index contributed by atoms with van der Waals surface area (Å²) in [5, 5.41) is 13.4. The van der Waals surface area contributed by atoms with Crippen molar-refractivity contribution in [2.45, 2.75) is 45.1 Å². The van der Waals surface area contributed by atoms with Crippen molar-refractivity contribution < 1.29 is 23.6 Å². The topological polar surface area (TPSA) is 96.5 Å². The van der Waals surface area contributed by atoms with Crippen LogP contribution in [0.3, 0.4) is 0 Å². The highest BCUT2D eigenvalue weighted by molar-refractivity contribution is 5.84. The molecule has 0 bridgehead atoms. The van der Waals surface area contributed by atoms with Gasteiger partial charge in [-0.1, -0.05) is 23.7 Å². The number of carboxylic acid groups (broad SMARTS) is 1. The molecule has 1 aromatic carbocycles. The summed E-state index contributed by atoms with van der Waals surface area (Å²) >= 11 is 0. The van der Waals surface area contributed by atoms with Gasteiger partial charge in [-0.25, -0.2) is 9.18 Å². The number of carbonyl (C=O) groups is 2. The summed E-state index contributed by atoms with van der Waals surface area (Å²) in [6.45, 7) is 2.18. The van der Waals surface area contributed by atoms with E-state index < -0.39 is 12.0 Å². The molecule has 1 N–H and O–H groups in total. The zero-order chi connectivity index (χ0) is 19.8. The average Bonchev–Trinajstić information content (AvgIpc) is 3.36. The fraction of sp³-hybridized carbons (Fsp3) is 0.500. The predicted octanol–water partition coefficient (Wildman–Crippen LogP) is 2.83. The molecule has 1 amide bonds. The lowest BCUT2D eigenvalue weighted by Gasteiger charge is -2.24. The third-order valence-corrected chi connectivity index (χ3v) is 5.91. The number of hydrogen-bond acceptors (Lipinski definition) is 5. The Morgan fingerprint density at radius 1 is 1.36 bits per heavy atom. The fourth-order valence-electron chi connectivity index (χ4n) is 4.44. The van der Waals surface area contributed by atoms with Crippen molar-refractivity contribution in [3.8, 4) is 11.4 Å². The predicted molar refractivity (Wildman–Crippen MR) is 96.7 cm³/mol. The van der Waals surface area contributed by atoms with E-state index in [0.717, 1.165) is 19.3 Å². The van der Waals surface area contributed by atoms with E-state index >= 15 is 0 Å². The Labute approximate surface area is 161 Å². The number of amides is 1. The van der Waals surface area contributed by atoms with Crippen molar-refractivity contribution in [3.63, 3.8) is 0 Å². The summed E-state index contributed by atoms with van der Waals surface area (Å²) in [5.74, 6) is -0.592. The maximum Gasteiger partial charge on any atom is 0.326 e. The zero-order valence-corrected chi connectivity index (χ0v) is 15.6. The van der Waals surface area contributed by atoms with E-state index in [4.69, 9.17) is 4.52 Å². The van der Waals surface area contributed by atoms with Crippen LogP contribution in [0.4, 0.5) is 4.39 Å². The number of benzene rings is 1. The molecular weight excluding hydrogens is 365 g/mol. The normalized spacial score (nSPS) is 23.8. The lowest BCUT2D eigenvalue weighted by Crippen LogP contribution is -2.43. The van der Waals surface area contributed by atoms with Crippen LogP contribution in [0.1, 0.15) is 37.1 Å². The van der Waals surface area contributed by atoms with E-state index in [0.29, 0.717) is 17.7 Å². The van der Waals surface area contributed by atoms with E-state index in [1.165, 1.54) is 11.0 Å². The smallest absolute Gasteiger partial charge is 0.326 e. The van der Waals surface area contributed by atoms with Crippen molar-refractivity contribution in [1.29, 1.82) is 0 Å². The molecule has 1 aliphatic heterocycles. The third-order valence-electron chi connectivity index (χ3n) is 5.91. The molecule has 0 spiro atoms. The van der Waals surface area contributed by atoms with Crippen LogP contribution in [0.25, 0.3) is 11.4 Å². The second-order valence-electron chi connectivity index (χ2n) is 7.66. The summed E-state index contributed by atoms with van der Waals surface area (Å²) in [6.07, 6.45) is 3.21. The highest BCUT2D eigenvalue weighted by Crippen LogP contribution is 2.42. The summed E-state index contributed by atoms with van der Waals surface area (Å²) in [4.78, 5) is 30.1. The standard InChI is InChI=1S/C20H22FN3O4/c1-11-5-6-12(9-15(11)21)19-22-16(28-23-19)7-8-17(25)24-10-13-3-2-4-14(13)18(24)20(26)27/h5-6,9,13-14,18H,2-4,7-8,10H2,1H3,(H,26,27). The molecule has 8 heteroatoms. The molecule has 3 unspecified atom stereocenters. The molecule has 1 aromatic heterocycles. The molecule has 2 fully saturated rings. The minimum Gasteiger partial charge on any atom is -0.480 e. The van der Waals surface area contributed by atoms with E-state index in [9.17, 15) is 19.1 Å². The number of halogens is 1. The molecule has 1 saturated carbocycles. The van der Waals surface area contributed by atoms with Gasteiger partial charge in [-0.3, -0.25) is 4.79 Å². The lowest BCUT2D eigenvalue weighted by atomic mass is 9.94. The zero-order valence-electron chi connectivity index (χ0n) is 15.6. The highest BCUT2D eigenvalue weighted by atomic mass is 19.1. The first kappa shape index (κ1) is 18.6. The van der Waals surface area contributed by atoms with Gasteiger partial charge in [0.1, 0.15) is 11.9 Å². The molecule has 3 atom stereocenters. The van der Waals surface area contributed by atoms with Crippen molar-refractivity contribution in [1.82, 2.24) is 15.0 Å². The number of nitrogens with zero attached hydrogens (tertiary/aromatic N) is 3. The molecular formula is C20H22FN3O4. The van der Waals surface area contributed by atoms with Crippen molar-refractivity contribution in [2.75, 3.05) is 6.54 Å². The number of hydrogen-bond donors (Lipinski definition) is 1. The maximum absolute atomic E-state index is 13.7. The largest absolute Gasteiger partial charge is 0.480 e. The van der Waals surface area contributed by atoms with Gasteiger partial charge in [0.05, 0.1) is 0 Å². The Bertz CT molecular complexity index is 913. The van der Waals surface area contributed by atoms with E-state index in [1.54, 1.807) is 19.1 Å². The van der Waals surface area contributed by atoms with Crippen LogP contribution < -0.4 is 0 Å². The van der Waals surface area contributed by atoms with Crippen LogP contribution in [0, 0.1) is 24.6 Å². The van der Waals surface area contributed by atoms with E-state index in [-0.39, 0.29) is 48.1 Å². The number of fused-ring (bicyclic) bond motifs is 1. The molecule has 4 rings (SSSR count). The minimum absolute atomic E-state index is 0.0629. The molecule has 1 saturated heterocycles.